The molecule has 2 unspecified atom stereocenters. The third kappa shape index (κ3) is 4.43. The van der Waals surface area contributed by atoms with E-state index in [4.69, 9.17) is 11.6 Å². The number of aliphatic hydroxyl groups is 1. The van der Waals surface area contributed by atoms with E-state index in [9.17, 15) is 9.90 Å². The van der Waals surface area contributed by atoms with Crippen molar-refractivity contribution in [3.05, 3.63) is 34.9 Å². The molecule has 1 aromatic rings. The Bertz CT molecular complexity index is 481. The smallest absolute Gasteiger partial charge is 0.234 e. The molecular formula is C16H23ClN2O2. The van der Waals surface area contributed by atoms with Crippen LogP contribution in [-0.2, 0) is 4.79 Å². The summed E-state index contributed by atoms with van der Waals surface area (Å²) in [4.78, 5) is 14.3. The topological polar surface area (TPSA) is 52.6 Å². The van der Waals surface area contributed by atoms with Crippen LogP contribution in [0.3, 0.4) is 0 Å². The highest BCUT2D eigenvalue weighted by molar-refractivity contribution is 6.31. The van der Waals surface area contributed by atoms with Crippen LogP contribution in [-0.4, -0.2) is 41.7 Å². The summed E-state index contributed by atoms with van der Waals surface area (Å²) in [5, 5.41) is 13.0. The van der Waals surface area contributed by atoms with Crippen LogP contribution in [0.4, 0.5) is 0 Å². The van der Waals surface area contributed by atoms with Crippen molar-refractivity contribution in [2.45, 2.75) is 38.3 Å². The van der Waals surface area contributed by atoms with E-state index in [0.717, 1.165) is 31.4 Å². The number of halogens is 1. The van der Waals surface area contributed by atoms with Crippen molar-refractivity contribution in [1.82, 2.24) is 10.2 Å². The predicted octanol–water partition coefficient (Wildman–Crippen LogP) is 2.36. The van der Waals surface area contributed by atoms with Crippen molar-refractivity contribution in [2.75, 3.05) is 19.7 Å². The maximum Gasteiger partial charge on any atom is 0.234 e. The molecule has 0 aliphatic carbocycles. The Labute approximate surface area is 131 Å². The molecule has 1 fully saturated rings. The number of likely N-dealkylation sites (tertiary alicyclic amines) is 1. The van der Waals surface area contributed by atoms with E-state index in [1.807, 2.05) is 31.2 Å². The fourth-order valence-corrected chi connectivity index (χ4v) is 3.15. The molecule has 116 valence electrons. The molecule has 1 amide bonds. The second-order valence-corrected chi connectivity index (χ2v) is 6.02. The minimum absolute atomic E-state index is 0.0252. The molecule has 21 heavy (non-hydrogen) atoms. The number of hydrogen-bond donors (Lipinski definition) is 2. The first-order valence-electron chi connectivity index (χ1n) is 7.50. The first-order valence-corrected chi connectivity index (χ1v) is 7.88. The zero-order valence-electron chi connectivity index (χ0n) is 12.4. The molecule has 0 aromatic heterocycles. The maximum absolute atomic E-state index is 12.2. The Morgan fingerprint density at radius 1 is 1.48 bits per heavy atom. The number of benzene rings is 1. The summed E-state index contributed by atoms with van der Waals surface area (Å²) in [6, 6.07) is 7.52. The minimum Gasteiger partial charge on any atom is -0.395 e. The van der Waals surface area contributed by atoms with Crippen LogP contribution >= 0.6 is 11.6 Å². The largest absolute Gasteiger partial charge is 0.395 e. The van der Waals surface area contributed by atoms with Crippen LogP contribution in [0.15, 0.2) is 24.3 Å². The Morgan fingerprint density at radius 3 is 2.95 bits per heavy atom. The van der Waals surface area contributed by atoms with Crippen molar-refractivity contribution in [3.8, 4) is 0 Å². The molecule has 4 nitrogen and oxygen atoms in total. The summed E-state index contributed by atoms with van der Waals surface area (Å²) < 4.78 is 0. The van der Waals surface area contributed by atoms with Crippen LogP contribution in [0, 0.1) is 0 Å². The summed E-state index contributed by atoms with van der Waals surface area (Å²) in [6.07, 6.45) is 3.17. The second kappa shape index (κ2) is 7.78. The highest BCUT2D eigenvalue weighted by atomic mass is 35.5. The quantitative estimate of drug-likeness (QED) is 0.878. The number of rotatable bonds is 5. The van der Waals surface area contributed by atoms with E-state index in [1.165, 1.54) is 0 Å². The van der Waals surface area contributed by atoms with Gasteiger partial charge in [0.05, 0.1) is 19.2 Å². The van der Waals surface area contributed by atoms with E-state index in [2.05, 4.69) is 10.2 Å². The van der Waals surface area contributed by atoms with Gasteiger partial charge in [0.1, 0.15) is 0 Å². The number of piperidine rings is 1. The molecule has 1 aromatic carbocycles. The second-order valence-electron chi connectivity index (χ2n) is 5.61. The number of carbonyl (C=O) groups excluding carboxylic acids is 1. The van der Waals surface area contributed by atoms with Crippen LogP contribution < -0.4 is 5.32 Å². The Morgan fingerprint density at radius 2 is 2.24 bits per heavy atom. The van der Waals surface area contributed by atoms with E-state index < -0.39 is 0 Å². The van der Waals surface area contributed by atoms with E-state index in [0.29, 0.717) is 11.6 Å². The molecule has 5 heteroatoms. The van der Waals surface area contributed by atoms with E-state index in [-0.39, 0.29) is 24.6 Å². The normalized spacial score (nSPS) is 21.0. The van der Waals surface area contributed by atoms with Crippen LogP contribution in [0.5, 0.6) is 0 Å². The number of hydrogen-bond acceptors (Lipinski definition) is 3. The number of nitrogens with zero attached hydrogens (tertiary/aromatic N) is 1. The van der Waals surface area contributed by atoms with Gasteiger partial charge in [-0.05, 0) is 37.9 Å². The first-order chi connectivity index (χ1) is 10.1. The third-order valence-corrected chi connectivity index (χ3v) is 4.40. The molecule has 0 bridgehead atoms. The van der Waals surface area contributed by atoms with Gasteiger partial charge in [0.25, 0.3) is 0 Å². The molecule has 1 heterocycles. The lowest BCUT2D eigenvalue weighted by atomic mass is 10.0. The zero-order valence-corrected chi connectivity index (χ0v) is 13.1. The molecule has 1 aliphatic heterocycles. The maximum atomic E-state index is 12.2. The summed E-state index contributed by atoms with van der Waals surface area (Å²) in [5.41, 5.74) is 0.921. The average molecular weight is 311 g/mol. The van der Waals surface area contributed by atoms with Crippen LogP contribution in [0.2, 0.25) is 5.02 Å². The fraction of sp³-hybridized carbons (Fsp3) is 0.562. The van der Waals surface area contributed by atoms with Gasteiger partial charge in [0.15, 0.2) is 0 Å². The molecule has 1 saturated heterocycles. The van der Waals surface area contributed by atoms with Crippen molar-refractivity contribution >= 4 is 17.5 Å². The van der Waals surface area contributed by atoms with Gasteiger partial charge in [-0.1, -0.05) is 36.2 Å². The summed E-state index contributed by atoms with van der Waals surface area (Å²) in [6.45, 7) is 3.26. The van der Waals surface area contributed by atoms with E-state index in [1.54, 1.807) is 0 Å². The van der Waals surface area contributed by atoms with Gasteiger partial charge in [-0.2, -0.15) is 0 Å². The molecule has 0 spiro atoms. The summed E-state index contributed by atoms with van der Waals surface area (Å²) in [7, 11) is 0. The molecule has 2 atom stereocenters. The number of carbonyl (C=O) groups is 1. The Balaban J connectivity index is 1.90. The average Bonchev–Trinajstić information content (AvgIpc) is 2.48. The van der Waals surface area contributed by atoms with Gasteiger partial charge < -0.3 is 10.4 Å². The lowest BCUT2D eigenvalue weighted by Gasteiger charge is -2.34. The molecular weight excluding hydrogens is 288 g/mol. The van der Waals surface area contributed by atoms with Gasteiger partial charge in [0, 0.05) is 11.1 Å². The van der Waals surface area contributed by atoms with E-state index >= 15 is 0 Å². The number of nitrogens with one attached hydrogen (secondary N) is 1. The zero-order chi connectivity index (χ0) is 15.2. The molecule has 1 aliphatic rings. The molecule has 0 saturated carbocycles. The Hall–Kier alpha value is -1.10. The number of amides is 1. The lowest BCUT2D eigenvalue weighted by molar-refractivity contribution is -0.124. The minimum atomic E-state index is -0.122. The molecule has 2 rings (SSSR count). The van der Waals surface area contributed by atoms with Crippen LogP contribution in [0.25, 0.3) is 0 Å². The molecule has 2 N–H and O–H groups in total. The van der Waals surface area contributed by atoms with Crippen molar-refractivity contribution in [1.29, 1.82) is 0 Å². The van der Waals surface area contributed by atoms with Gasteiger partial charge >= 0.3 is 0 Å². The Kier molecular flexibility index (Phi) is 6.03. The fourth-order valence-electron chi connectivity index (χ4n) is 2.85. The monoisotopic (exact) mass is 310 g/mol. The van der Waals surface area contributed by atoms with Crippen molar-refractivity contribution in [3.63, 3.8) is 0 Å². The standard InChI is InChI=1S/C16H23ClN2O2/c1-12(14-7-2-3-8-15(14)17)18-16(21)10-19-9-5-4-6-13(19)11-20/h2-3,7-8,12-13,20H,4-6,9-11H2,1H3,(H,18,21). The predicted molar refractivity (Wildman–Crippen MR) is 84.3 cm³/mol. The summed E-state index contributed by atoms with van der Waals surface area (Å²) >= 11 is 6.15. The highest BCUT2D eigenvalue weighted by Crippen LogP contribution is 2.22. The van der Waals surface area contributed by atoms with Gasteiger partial charge in [-0.25, -0.2) is 0 Å². The van der Waals surface area contributed by atoms with Crippen LogP contribution in [0.1, 0.15) is 37.8 Å². The highest BCUT2D eigenvalue weighted by Gasteiger charge is 2.24. The number of aliphatic hydroxyl groups excluding tert-OH is 1. The van der Waals surface area contributed by atoms with Crippen molar-refractivity contribution in [2.24, 2.45) is 0 Å². The first kappa shape index (κ1) is 16.3. The van der Waals surface area contributed by atoms with Gasteiger partial charge in [-0.3, -0.25) is 9.69 Å². The molecule has 0 radical (unpaired) electrons. The SMILES string of the molecule is CC(NC(=O)CN1CCCCC1CO)c1ccccc1Cl. The van der Waals surface area contributed by atoms with Gasteiger partial charge in [-0.15, -0.1) is 0 Å². The third-order valence-electron chi connectivity index (χ3n) is 4.06. The summed E-state index contributed by atoms with van der Waals surface area (Å²) in [5.74, 6) is -0.0252. The lowest BCUT2D eigenvalue weighted by Crippen LogP contribution is -2.47. The van der Waals surface area contributed by atoms with Gasteiger partial charge in [0.2, 0.25) is 5.91 Å². The van der Waals surface area contributed by atoms with Crippen molar-refractivity contribution < 1.29 is 9.90 Å².